The van der Waals surface area contributed by atoms with Crippen LogP contribution < -0.4 is 16.2 Å². The van der Waals surface area contributed by atoms with Crippen molar-refractivity contribution in [2.24, 2.45) is 22.8 Å². The monoisotopic (exact) mass is 394 g/mol. The van der Waals surface area contributed by atoms with Gasteiger partial charge in [0.05, 0.1) is 0 Å². The van der Waals surface area contributed by atoms with E-state index in [1.165, 1.54) is 13.8 Å². The second-order valence-corrected chi connectivity index (χ2v) is 7.49. The maximum absolute atomic E-state index is 10.9. The number of ketones is 2. The number of benzene rings is 1. The van der Waals surface area contributed by atoms with Crippen LogP contribution >= 0.6 is 0 Å². The van der Waals surface area contributed by atoms with Gasteiger partial charge < -0.3 is 21.0 Å². The summed E-state index contributed by atoms with van der Waals surface area (Å²) < 4.78 is 5.35. The first-order valence-electron chi connectivity index (χ1n) is 9.56. The van der Waals surface area contributed by atoms with Crippen LogP contribution in [0.2, 0.25) is 0 Å². The molecule has 1 rings (SSSR count). The highest BCUT2D eigenvalue weighted by Crippen LogP contribution is 2.19. The zero-order valence-electron chi connectivity index (χ0n) is 18.5. The van der Waals surface area contributed by atoms with Gasteiger partial charge in [0.1, 0.15) is 23.9 Å². The second kappa shape index (κ2) is 14.8. The van der Waals surface area contributed by atoms with E-state index in [0.717, 1.165) is 17.7 Å². The molecule has 160 valence electrons. The van der Waals surface area contributed by atoms with Crippen molar-refractivity contribution in [1.29, 1.82) is 0 Å². The third-order valence-electron chi connectivity index (χ3n) is 4.17. The van der Waals surface area contributed by atoms with E-state index in [9.17, 15) is 14.4 Å². The van der Waals surface area contributed by atoms with E-state index in [-0.39, 0.29) is 28.8 Å². The van der Waals surface area contributed by atoms with Crippen LogP contribution in [-0.2, 0) is 20.8 Å². The summed E-state index contributed by atoms with van der Waals surface area (Å²) in [6.07, 6.45) is 1.59. The zero-order valence-corrected chi connectivity index (χ0v) is 18.5. The average molecular weight is 395 g/mol. The Hall–Kier alpha value is -2.21. The van der Waals surface area contributed by atoms with Gasteiger partial charge in [-0.25, -0.2) is 0 Å². The highest BCUT2D eigenvalue weighted by atomic mass is 16.5. The lowest BCUT2D eigenvalue weighted by Crippen LogP contribution is -2.22. The minimum Gasteiger partial charge on any atom is -0.492 e. The van der Waals surface area contributed by atoms with Crippen molar-refractivity contribution in [2.75, 3.05) is 13.2 Å². The first-order valence-corrected chi connectivity index (χ1v) is 9.56. The third-order valence-corrected chi connectivity index (χ3v) is 4.17. The van der Waals surface area contributed by atoms with Gasteiger partial charge in [0.2, 0.25) is 5.91 Å². The molecule has 1 aromatic carbocycles. The topological polar surface area (TPSA) is 112 Å². The van der Waals surface area contributed by atoms with Crippen LogP contribution in [0.15, 0.2) is 24.3 Å². The molecule has 0 fully saturated rings. The number of Topliss-reactive ketones (excluding diaryl/α,β-unsaturated/α-hetero) is 2. The Morgan fingerprint density at radius 1 is 1.07 bits per heavy atom. The van der Waals surface area contributed by atoms with Crippen molar-refractivity contribution in [3.63, 3.8) is 0 Å². The maximum Gasteiger partial charge on any atom is 0.220 e. The zero-order chi connectivity index (χ0) is 22.3. The molecule has 28 heavy (non-hydrogen) atoms. The van der Waals surface area contributed by atoms with Gasteiger partial charge in [-0.1, -0.05) is 39.8 Å². The number of ether oxygens (including phenoxy) is 1. The molecule has 0 aliphatic carbocycles. The molecule has 6 nitrogen and oxygen atoms in total. The van der Waals surface area contributed by atoms with E-state index in [0.29, 0.717) is 19.6 Å². The van der Waals surface area contributed by atoms with Crippen molar-refractivity contribution >= 4 is 17.5 Å². The molecule has 1 amide bonds. The summed E-state index contributed by atoms with van der Waals surface area (Å²) in [5, 5.41) is 0. The SMILES string of the molecule is CC(C)=O.CCC(C)(C)C(C)=O.C[C@@H](Cc1ccc(OCCN)cc1)C(N)=O. The Morgan fingerprint density at radius 2 is 1.54 bits per heavy atom. The van der Waals surface area contributed by atoms with E-state index < -0.39 is 0 Å². The summed E-state index contributed by atoms with van der Waals surface area (Å²) in [6, 6.07) is 7.62. The van der Waals surface area contributed by atoms with Gasteiger partial charge in [-0.2, -0.15) is 0 Å². The van der Waals surface area contributed by atoms with Crippen LogP contribution in [-0.4, -0.2) is 30.6 Å². The number of carbonyl (C=O) groups is 3. The van der Waals surface area contributed by atoms with Gasteiger partial charge in [0.15, 0.2) is 0 Å². The summed E-state index contributed by atoms with van der Waals surface area (Å²) in [4.78, 5) is 31.0. The van der Waals surface area contributed by atoms with Crippen LogP contribution in [0.1, 0.15) is 60.5 Å². The van der Waals surface area contributed by atoms with E-state index >= 15 is 0 Å². The highest BCUT2D eigenvalue weighted by molar-refractivity contribution is 5.81. The van der Waals surface area contributed by atoms with E-state index in [4.69, 9.17) is 16.2 Å². The average Bonchev–Trinajstić information content (AvgIpc) is 2.61. The number of rotatable bonds is 8. The molecule has 1 atom stereocenters. The van der Waals surface area contributed by atoms with Gasteiger partial charge in [-0.05, 0) is 51.3 Å². The normalized spacial score (nSPS) is 11.1. The second-order valence-electron chi connectivity index (χ2n) is 7.49. The molecule has 1 aromatic rings. The molecule has 4 N–H and O–H groups in total. The Morgan fingerprint density at radius 3 is 1.82 bits per heavy atom. The maximum atomic E-state index is 10.9. The Labute approximate surface area is 170 Å². The van der Waals surface area contributed by atoms with Gasteiger partial charge in [-0.3, -0.25) is 9.59 Å². The molecule has 0 aliphatic heterocycles. The Kier molecular flexibility index (Phi) is 14.8. The molecule has 0 bridgehead atoms. The number of carbonyl (C=O) groups excluding carboxylic acids is 3. The van der Waals surface area contributed by atoms with Crippen molar-refractivity contribution in [2.45, 2.75) is 61.3 Å². The lowest BCUT2D eigenvalue weighted by molar-refractivity contribution is -0.125. The predicted molar refractivity (Wildman–Crippen MR) is 114 cm³/mol. The first kappa shape index (κ1) is 28.0. The highest BCUT2D eigenvalue weighted by Gasteiger charge is 2.19. The summed E-state index contributed by atoms with van der Waals surface area (Å²) >= 11 is 0. The van der Waals surface area contributed by atoms with Crippen LogP contribution in [0.3, 0.4) is 0 Å². The standard InChI is InChI=1S/C12H18N2O2.C7H14O.C3H6O/c1-9(12(14)15)8-10-2-4-11(5-3-10)16-7-6-13;1-5-7(3,4)6(2)8;1-3(2)4/h2-5,9H,6-8,13H2,1H3,(H2,14,15);5H2,1-4H3;1-2H3/t9-;;/m0../s1. The smallest absolute Gasteiger partial charge is 0.220 e. The molecule has 0 heterocycles. The van der Waals surface area contributed by atoms with Crippen molar-refractivity contribution in [1.82, 2.24) is 0 Å². The molecule has 0 saturated carbocycles. The number of primary amides is 1. The number of nitrogens with two attached hydrogens (primary N) is 2. The Bertz CT molecular complexity index is 591. The fraction of sp³-hybridized carbons (Fsp3) is 0.591. The van der Waals surface area contributed by atoms with E-state index in [1.807, 2.05) is 52.0 Å². The summed E-state index contributed by atoms with van der Waals surface area (Å²) in [5.41, 5.74) is 11.5. The van der Waals surface area contributed by atoms with E-state index in [1.54, 1.807) is 6.92 Å². The molecule has 0 aliphatic rings. The van der Waals surface area contributed by atoms with E-state index in [2.05, 4.69) is 0 Å². The van der Waals surface area contributed by atoms with Crippen molar-refractivity contribution < 1.29 is 19.1 Å². The lowest BCUT2D eigenvalue weighted by Gasteiger charge is -2.17. The summed E-state index contributed by atoms with van der Waals surface area (Å²) in [5.74, 6) is 0.820. The number of hydrogen-bond donors (Lipinski definition) is 2. The van der Waals surface area contributed by atoms with Crippen molar-refractivity contribution in [3.05, 3.63) is 29.8 Å². The van der Waals surface area contributed by atoms with Gasteiger partial charge in [0, 0.05) is 17.9 Å². The van der Waals surface area contributed by atoms with Gasteiger partial charge in [-0.15, -0.1) is 0 Å². The predicted octanol–water partition coefficient (Wildman–Crippen LogP) is 3.29. The van der Waals surface area contributed by atoms with Crippen LogP contribution in [0.4, 0.5) is 0 Å². The van der Waals surface area contributed by atoms with Gasteiger partial charge in [0.25, 0.3) is 0 Å². The lowest BCUT2D eigenvalue weighted by atomic mass is 9.86. The Balaban J connectivity index is 0. The van der Waals surface area contributed by atoms with Crippen LogP contribution in [0.5, 0.6) is 5.75 Å². The molecule has 0 unspecified atom stereocenters. The van der Waals surface area contributed by atoms with Crippen LogP contribution in [0, 0.1) is 11.3 Å². The molecule has 0 spiro atoms. The first-order chi connectivity index (χ1) is 12.9. The van der Waals surface area contributed by atoms with Crippen LogP contribution in [0.25, 0.3) is 0 Å². The van der Waals surface area contributed by atoms with Gasteiger partial charge >= 0.3 is 0 Å². The molecule has 0 saturated heterocycles. The number of hydrogen-bond acceptors (Lipinski definition) is 5. The molecular weight excluding hydrogens is 356 g/mol. The quantitative estimate of drug-likeness (QED) is 0.702. The largest absolute Gasteiger partial charge is 0.492 e. The molecule has 0 aromatic heterocycles. The summed E-state index contributed by atoms with van der Waals surface area (Å²) in [6.45, 7) is 13.5. The fourth-order valence-electron chi connectivity index (χ4n) is 1.60. The molecule has 6 heteroatoms. The minimum absolute atomic E-state index is 0.0972. The summed E-state index contributed by atoms with van der Waals surface area (Å²) in [7, 11) is 0. The fourth-order valence-corrected chi connectivity index (χ4v) is 1.60. The molecule has 0 radical (unpaired) electrons. The number of amides is 1. The minimum atomic E-state index is -0.275. The van der Waals surface area contributed by atoms with Crippen molar-refractivity contribution in [3.8, 4) is 5.75 Å². The third kappa shape index (κ3) is 14.9. The molecular formula is C22H38N2O4.